The van der Waals surface area contributed by atoms with Crippen molar-refractivity contribution < 1.29 is 0 Å². The maximum atomic E-state index is 4.23. The number of aromatic nitrogens is 1. The molecular formula is C52H49N. The number of allylic oxidation sites excluding steroid dienone is 7. The van der Waals surface area contributed by atoms with Gasteiger partial charge in [0.15, 0.2) is 0 Å². The first-order valence-electron chi connectivity index (χ1n) is 19.0. The lowest BCUT2D eigenvalue weighted by atomic mass is 9.89. The van der Waals surface area contributed by atoms with Crippen LogP contribution in [0.4, 0.5) is 0 Å². The van der Waals surface area contributed by atoms with E-state index >= 15 is 0 Å². The van der Waals surface area contributed by atoms with Crippen molar-refractivity contribution in [1.29, 1.82) is 0 Å². The minimum absolute atomic E-state index is 0.991. The first-order chi connectivity index (χ1) is 26.0. The quantitative estimate of drug-likeness (QED) is 0.120. The number of rotatable bonds is 11. The third-order valence-electron chi connectivity index (χ3n) is 10.5. The molecule has 1 nitrogen and oxygen atoms in total. The van der Waals surface area contributed by atoms with Crippen molar-refractivity contribution in [3.63, 3.8) is 0 Å². The third kappa shape index (κ3) is 6.76. The molecule has 1 aliphatic carbocycles. The number of benzene rings is 5. The first kappa shape index (κ1) is 35.5. The maximum Gasteiger partial charge on any atom is 0.0534 e. The third-order valence-corrected chi connectivity index (χ3v) is 10.5. The van der Waals surface area contributed by atoms with E-state index in [0.717, 1.165) is 31.3 Å². The highest BCUT2D eigenvalue weighted by atomic mass is 15.0. The average molecular weight is 688 g/mol. The normalized spacial score (nSPS) is 13.4. The molecule has 0 aliphatic heterocycles. The van der Waals surface area contributed by atoms with Crippen LogP contribution >= 0.6 is 0 Å². The smallest absolute Gasteiger partial charge is 0.0534 e. The van der Waals surface area contributed by atoms with Crippen LogP contribution in [0.3, 0.4) is 0 Å². The van der Waals surface area contributed by atoms with Crippen molar-refractivity contribution in [2.45, 2.75) is 53.4 Å². The molecule has 0 saturated heterocycles. The zero-order valence-electron chi connectivity index (χ0n) is 31.6. The van der Waals surface area contributed by atoms with Gasteiger partial charge in [-0.25, -0.2) is 0 Å². The van der Waals surface area contributed by atoms with Gasteiger partial charge in [0, 0.05) is 22.3 Å². The summed E-state index contributed by atoms with van der Waals surface area (Å²) < 4.78 is 2.46. The van der Waals surface area contributed by atoms with Gasteiger partial charge >= 0.3 is 0 Å². The number of hydrogen-bond acceptors (Lipinski definition) is 0. The highest BCUT2D eigenvalue weighted by Crippen LogP contribution is 2.36. The Hall–Kier alpha value is -5.92. The summed E-state index contributed by atoms with van der Waals surface area (Å²) in [6, 6.07) is 33.5. The molecule has 0 unspecified atom stereocenters. The largest absolute Gasteiger partial charge is 0.317 e. The average Bonchev–Trinajstić information content (AvgIpc) is 3.50. The van der Waals surface area contributed by atoms with Crippen molar-refractivity contribution in [2.75, 3.05) is 0 Å². The van der Waals surface area contributed by atoms with Crippen LogP contribution < -0.4 is 10.4 Å². The molecule has 0 bridgehead atoms. The molecule has 6 aromatic rings. The van der Waals surface area contributed by atoms with Crippen molar-refractivity contribution in [2.24, 2.45) is 0 Å². The Morgan fingerprint density at radius 2 is 1.32 bits per heavy atom. The summed E-state index contributed by atoms with van der Waals surface area (Å²) >= 11 is 0. The van der Waals surface area contributed by atoms with E-state index in [-0.39, 0.29) is 0 Å². The van der Waals surface area contributed by atoms with Crippen LogP contribution in [-0.4, -0.2) is 4.57 Å². The van der Waals surface area contributed by atoms with E-state index in [0.29, 0.717) is 0 Å². The van der Waals surface area contributed by atoms with Crippen LogP contribution in [-0.2, 0) is 6.42 Å². The fourth-order valence-electron chi connectivity index (χ4n) is 8.09. The van der Waals surface area contributed by atoms with Crippen LogP contribution in [0.5, 0.6) is 0 Å². The number of fused-ring (bicyclic) bond motifs is 4. The molecule has 1 aromatic heterocycles. The molecule has 1 heterocycles. The summed E-state index contributed by atoms with van der Waals surface area (Å²) in [5.41, 5.74) is 14.7. The Kier molecular flexibility index (Phi) is 10.6. The van der Waals surface area contributed by atoms with Crippen LogP contribution in [0.15, 0.2) is 135 Å². The standard InChI is InChI=1S/C52H49N/c1-7-18-44-43(11-5)45-25-15-16-26-46(45)47-31-29-41(34-49(44)47)39-23-17-24-40(33-39)42-30-32-52-50(35-42)48(19-8-2)51(20-9-3)53(52)36(6)27-28-37(10-4)38-21-13-12-14-22-38/h7-8,10-14,17-19,21-35H,4-5,9,15-16,20H2,1-3,6H3/b18-7-,19-8-,36-27+,37-28+. The molecule has 5 aromatic carbocycles. The summed E-state index contributed by atoms with van der Waals surface area (Å²) in [6.07, 6.45) is 26.2. The van der Waals surface area contributed by atoms with Gasteiger partial charge in [-0.1, -0.05) is 148 Å². The van der Waals surface area contributed by atoms with E-state index in [1.54, 1.807) is 0 Å². The molecule has 262 valence electrons. The predicted molar refractivity (Wildman–Crippen MR) is 236 cm³/mol. The highest BCUT2D eigenvalue weighted by Gasteiger charge is 2.18. The minimum Gasteiger partial charge on any atom is -0.317 e. The Bertz CT molecular complexity index is 2610. The highest BCUT2D eigenvalue weighted by molar-refractivity contribution is 5.99. The second kappa shape index (κ2) is 15.8. The van der Waals surface area contributed by atoms with Gasteiger partial charge in [-0.05, 0) is 136 Å². The van der Waals surface area contributed by atoms with E-state index < -0.39 is 0 Å². The van der Waals surface area contributed by atoms with E-state index in [2.05, 4.69) is 179 Å². The summed E-state index contributed by atoms with van der Waals surface area (Å²) in [5, 5.41) is 6.52. The second-order valence-corrected chi connectivity index (χ2v) is 13.9. The van der Waals surface area contributed by atoms with Gasteiger partial charge in [-0.15, -0.1) is 0 Å². The van der Waals surface area contributed by atoms with E-state index in [1.165, 1.54) is 88.0 Å². The SMILES string of the molecule is C=C/C(=C\C=C(/C)n1c(CCC)c(/C=C\C)c2cc(-c3cccc(-c4ccc5c6c(c(C=C)c(/C=C\C)c5c4)=CCCC=6)c3)ccc21)c1ccccc1. The van der Waals surface area contributed by atoms with Crippen LogP contribution in [0.1, 0.15) is 74.9 Å². The van der Waals surface area contributed by atoms with Gasteiger partial charge < -0.3 is 4.57 Å². The van der Waals surface area contributed by atoms with Crippen molar-refractivity contribution in [3.8, 4) is 22.3 Å². The van der Waals surface area contributed by atoms with Gasteiger partial charge in [0.05, 0.1) is 5.52 Å². The van der Waals surface area contributed by atoms with Gasteiger partial charge in [0.25, 0.3) is 0 Å². The summed E-state index contributed by atoms with van der Waals surface area (Å²) in [6.45, 7) is 17.0. The fraction of sp³-hybridized carbons (Fsp3) is 0.154. The Morgan fingerprint density at radius 3 is 2.00 bits per heavy atom. The minimum atomic E-state index is 0.991. The molecule has 0 N–H and O–H groups in total. The molecule has 0 saturated carbocycles. The van der Waals surface area contributed by atoms with Crippen LogP contribution in [0, 0.1) is 0 Å². The Balaban J connectivity index is 1.35. The fourth-order valence-corrected chi connectivity index (χ4v) is 8.09. The van der Waals surface area contributed by atoms with E-state index in [4.69, 9.17) is 0 Å². The van der Waals surface area contributed by atoms with Gasteiger partial charge in [0.1, 0.15) is 0 Å². The van der Waals surface area contributed by atoms with E-state index in [1.807, 2.05) is 18.2 Å². The predicted octanol–water partition coefficient (Wildman–Crippen LogP) is 13.3. The first-order valence-corrected chi connectivity index (χ1v) is 19.0. The topological polar surface area (TPSA) is 4.93 Å². The Morgan fingerprint density at radius 1 is 0.660 bits per heavy atom. The van der Waals surface area contributed by atoms with Crippen LogP contribution in [0.2, 0.25) is 0 Å². The molecule has 0 radical (unpaired) electrons. The molecule has 0 spiro atoms. The zero-order valence-corrected chi connectivity index (χ0v) is 31.6. The molecular weight excluding hydrogens is 639 g/mol. The summed E-state index contributed by atoms with van der Waals surface area (Å²) in [4.78, 5) is 0. The molecule has 53 heavy (non-hydrogen) atoms. The number of nitrogens with zero attached hydrogens (tertiary/aromatic N) is 1. The second-order valence-electron chi connectivity index (χ2n) is 13.9. The lowest BCUT2D eigenvalue weighted by Gasteiger charge is -2.15. The summed E-state index contributed by atoms with van der Waals surface area (Å²) in [5.74, 6) is 0. The van der Waals surface area contributed by atoms with Gasteiger partial charge in [-0.2, -0.15) is 0 Å². The monoisotopic (exact) mass is 687 g/mol. The molecule has 7 rings (SSSR count). The zero-order chi connectivity index (χ0) is 36.9. The van der Waals surface area contributed by atoms with Crippen molar-refractivity contribution >= 4 is 63.3 Å². The summed E-state index contributed by atoms with van der Waals surface area (Å²) in [7, 11) is 0. The van der Waals surface area contributed by atoms with Gasteiger partial charge in [-0.3, -0.25) is 0 Å². The van der Waals surface area contributed by atoms with Crippen LogP contribution in [0.25, 0.3) is 85.6 Å². The molecule has 1 heteroatoms. The van der Waals surface area contributed by atoms with E-state index in [9.17, 15) is 0 Å². The molecule has 0 amide bonds. The lowest BCUT2D eigenvalue weighted by Crippen LogP contribution is -2.31. The number of hydrogen-bond donors (Lipinski definition) is 0. The lowest BCUT2D eigenvalue weighted by molar-refractivity contribution is 0.856. The van der Waals surface area contributed by atoms with Crippen molar-refractivity contribution in [3.05, 3.63) is 173 Å². The Labute approximate surface area is 315 Å². The molecule has 0 atom stereocenters. The molecule has 1 aliphatic rings. The molecule has 0 fully saturated rings. The van der Waals surface area contributed by atoms with Crippen molar-refractivity contribution in [1.82, 2.24) is 4.57 Å². The van der Waals surface area contributed by atoms with Gasteiger partial charge in [0.2, 0.25) is 0 Å². The maximum absolute atomic E-state index is 4.23.